The summed E-state index contributed by atoms with van der Waals surface area (Å²) in [7, 11) is 0. The first kappa shape index (κ1) is 19.6. The van der Waals surface area contributed by atoms with Crippen molar-refractivity contribution >= 4 is 29.2 Å². The van der Waals surface area contributed by atoms with E-state index in [4.69, 9.17) is 4.74 Å². The second-order valence-corrected chi connectivity index (χ2v) is 6.55. The number of hydrogen-bond acceptors (Lipinski definition) is 4. The SMILES string of the molecule is CC1NC(=O)N(c2ccccc2NC(=O)CCCOCc2ccccc2)C1=O. The molecule has 1 saturated heterocycles. The van der Waals surface area contributed by atoms with E-state index < -0.39 is 12.1 Å². The zero-order valence-electron chi connectivity index (χ0n) is 15.7. The molecule has 28 heavy (non-hydrogen) atoms. The second kappa shape index (κ2) is 9.14. The van der Waals surface area contributed by atoms with Crippen LogP contribution in [0.2, 0.25) is 0 Å². The van der Waals surface area contributed by atoms with Crippen LogP contribution in [0.5, 0.6) is 0 Å². The molecule has 4 amide bonds. The molecule has 146 valence electrons. The highest BCUT2D eigenvalue weighted by Gasteiger charge is 2.37. The Labute approximate surface area is 163 Å². The second-order valence-electron chi connectivity index (χ2n) is 6.55. The van der Waals surface area contributed by atoms with E-state index in [1.807, 2.05) is 30.3 Å². The largest absolute Gasteiger partial charge is 0.377 e. The van der Waals surface area contributed by atoms with E-state index in [1.165, 1.54) is 0 Å². The summed E-state index contributed by atoms with van der Waals surface area (Å²) in [4.78, 5) is 37.6. The first-order chi connectivity index (χ1) is 13.6. The first-order valence-electron chi connectivity index (χ1n) is 9.21. The van der Waals surface area contributed by atoms with Gasteiger partial charge in [-0.15, -0.1) is 0 Å². The Hall–Kier alpha value is -3.19. The number of para-hydroxylation sites is 2. The van der Waals surface area contributed by atoms with Gasteiger partial charge in [-0.05, 0) is 31.0 Å². The van der Waals surface area contributed by atoms with Crippen molar-refractivity contribution in [3.8, 4) is 0 Å². The normalized spacial score (nSPS) is 16.2. The van der Waals surface area contributed by atoms with Gasteiger partial charge in [0.25, 0.3) is 5.91 Å². The maximum Gasteiger partial charge on any atom is 0.329 e. The Bertz CT molecular complexity index is 854. The van der Waals surface area contributed by atoms with Gasteiger partial charge in [0.05, 0.1) is 18.0 Å². The van der Waals surface area contributed by atoms with Crippen molar-refractivity contribution in [2.24, 2.45) is 0 Å². The lowest BCUT2D eigenvalue weighted by molar-refractivity contribution is -0.118. The molecular formula is C21H23N3O4. The number of anilines is 2. The van der Waals surface area contributed by atoms with Crippen molar-refractivity contribution in [3.63, 3.8) is 0 Å². The lowest BCUT2D eigenvalue weighted by Crippen LogP contribution is -2.32. The van der Waals surface area contributed by atoms with Crippen molar-refractivity contribution in [1.82, 2.24) is 5.32 Å². The van der Waals surface area contributed by atoms with Crippen molar-refractivity contribution < 1.29 is 19.1 Å². The van der Waals surface area contributed by atoms with Crippen LogP contribution in [-0.4, -0.2) is 30.5 Å². The summed E-state index contributed by atoms with van der Waals surface area (Å²) in [5.41, 5.74) is 1.88. The maximum atomic E-state index is 12.3. The molecule has 2 aromatic rings. The monoisotopic (exact) mass is 381 g/mol. The number of ether oxygens (including phenoxy) is 1. The summed E-state index contributed by atoms with van der Waals surface area (Å²) >= 11 is 0. The van der Waals surface area contributed by atoms with Crippen LogP contribution >= 0.6 is 0 Å². The van der Waals surface area contributed by atoms with Crippen LogP contribution in [0.3, 0.4) is 0 Å². The Morgan fingerprint density at radius 1 is 1.11 bits per heavy atom. The Balaban J connectivity index is 1.51. The Kier molecular flexibility index (Phi) is 6.39. The van der Waals surface area contributed by atoms with Gasteiger partial charge in [-0.2, -0.15) is 0 Å². The van der Waals surface area contributed by atoms with Crippen LogP contribution < -0.4 is 15.5 Å². The van der Waals surface area contributed by atoms with Crippen LogP contribution in [0.15, 0.2) is 54.6 Å². The molecule has 1 atom stereocenters. The van der Waals surface area contributed by atoms with Gasteiger partial charge in [0.1, 0.15) is 6.04 Å². The Morgan fingerprint density at radius 2 is 1.82 bits per heavy atom. The van der Waals surface area contributed by atoms with Gasteiger partial charge < -0.3 is 15.4 Å². The standard InChI is InChI=1S/C21H23N3O4/c1-15-20(26)24(21(27)22-15)18-11-6-5-10-17(18)23-19(25)12-7-13-28-14-16-8-3-2-4-9-16/h2-6,8-11,15H,7,12-14H2,1H3,(H,22,27)(H,23,25). The topological polar surface area (TPSA) is 87.7 Å². The number of benzene rings is 2. The van der Waals surface area contributed by atoms with Crippen LogP contribution in [0.25, 0.3) is 0 Å². The fraction of sp³-hybridized carbons (Fsp3) is 0.286. The highest BCUT2D eigenvalue weighted by Crippen LogP contribution is 2.28. The zero-order valence-corrected chi connectivity index (χ0v) is 15.7. The molecule has 1 heterocycles. The molecule has 0 aliphatic carbocycles. The fourth-order valence-corrected chi connectivity index (χ4v) is 2.92. The van der Waals surface area contributed by atoms with Crippen LogP contribution in [0, 0.1) is 0 Å². The summed E-state index contributed by atoms with van der Waals surface area (Å²) in [6.45, 7) is 2.60. The van der Waals surface area contributed by atoms with E-state index >= 15 is 0 Å². The van der Waals surface area contributed by atoms with E-state index in [2.05, 4.69) is 10.6 Å². The third-order valence-electron chi connectivity index (χ3n) is 4.36. The van der Waals surface area contributed by atoms with E-state index in [-0.39, 0.29) is 18.2 Å². The number of hydrogen-bond donors (Lipinski definition) is 2. The van der Waals surface area contributed by atoms with Crippen LogP contribution in [-0.2, 0) is 20.9 Å². The molecule has 7 nitrogen and oxygen atoms in total. The third-order valence-corrected chi connectivity index (χ3v) is 4.36. The van der Waals surface area contributed by atoms with Gasteiger partial charge in [0, 0.05) is 13.0 Å². The highest BCUT2D eigenvalue weighted by atomic mass is 16.5. The number of urea groups is 1. The van der Waals surface area contributed by atoms with Gasteiger partial charge in [-0.25, -0.2) is 9.69 Å². The number of nitrogens with one attached hydrogen (secondary N) is 2. The lowest BCUT2D eigenvalue weighted by Gasteiger charge is -2.17. The smallest absolute Gasteiger partial charge is 0.329 e. The number of carbonyl (C=O) groups is 3. The minimum absolute atomic E-state index is 0.198. The molecule has 3 rings (SSSR count). The van der Waals surface area contributed by atoms with E-state index in [1.54, 1.807) is 31.2 Å². The number of rotatable bonds is 8. The zero-order chi connectivity index (χ0) is 19.9. The molecule has 1 aliphatic heterocycles. The average Bonchev–Trinajstić information content (AvgIpc) is 2.94. The quantitative estimate of drug-likeness (QED) is 0.543. The third kappa shape index (κ3) is 4.75. The molecule has 1 fully saturated rings. The minimum atomic E-state index is -0.585. The number of carbonyl (C=O) groups excluding carboxylic acids is 3. The van der Waals surface area contributed by atoms with Crippen molar-refractivity contribution in [3.05, 3.63) is 60.2 Å². The van der Waals surface area contributed by atoms with E-state index in [0.717, 1.165) is 10.5 Å². The molecular weight excluding hydrogens is 358 g/mol. The van der Waals surface area contributed by atoms with Crippen molar-refractivity contribution in [1.29, 1.82) is 0 Å². The summed E-state index contributed by atoms with van der Waals surface area (Å²) in [6.07, 6.45) is 0.848. The van der Waals surface area contributed by atoms with Crippen LogP contribution in [0.1, 0.15) is 25.3 Å². The lowest BCUT2D eigenvalue weighted by atomic mass is 10.2. The fourth-order valence-electron chi connectivity index (χ4n) is 2.92. The summed E-state index contributed by atoms with van der Waals surface area (Å²) in [6, 6.07) is 15.5. The maximum absolute atomic E-state index is 12.3. The first-order valence-corrected chi connectivity index (χ1v) is 9.21. The minimum Gasteiger partial charge on any atom is -0.377 e. The van der Waals surface area contributed by atoms with Gasteiger partial charge in [-0.1, -0.05) is 42.5 Å². The molecule has 0 radical (unpaired) electrons. The van der Waals surface area contributed by atoms with E-state index in [9.17, 15) is 14.4 Å². The average molecular weight is 381 g/mol. The van der Waals surface area contributed by atoms with Gasteiger partial charge in [0.15, 0.2) is 0 Å². The molecule has 1 aliphatic rings. The van der Waals surface area contributed by atoms with Gasteiger partial charge >= 0.3 is 6.03 Å². The molecule has 2 N–H and O–H groups in total. The van der Waals surface area contributed by atoms with E-state index in [0.29, 0.717) is 31.0 Å². The summed E-state index contributed by atoms with van der Waals surface area (Å²) < 4.78 is 5.58. The molecule has 1 unspecified atom stereocenters. The van der Waals surface area contributed by atoms with Crippen molar-refractivity contribution in [2.75, 3.05) is 16.8 Å². The Morgan fingerprint density at radius 3 is 2.54 bits per heavy atom. The predicted molar refractivity (Wildman–Crippen MR) is 106 cm³/mol. The summed E-state index contributed by atoms with van der Waals surface area (Å²) in [5, 5.41) is 5.35. The molecule has 0 spiro atoms. The molecule has 0 aromatic heterocycles. The molecule has 2 aromatic carbocycles. The summed E-state index contributed by atoms with van der Waals surface area (Å²) in [5.74, 6) is -0.545. The number of nitrogens with zero attached hydrogens (tertiary/aromatic N) is 1. The van der Waals surface area contributed by atoms with Crippen molar-refractivity contribution in [2.45, 2.75) is 32.4 Å². The molecule has 0 saturated carbocycles. The molecule has 0 bridgehead atoms. The van der Waals surface area contributed by atoms with Crippen LogP contribution in [0.4, 0.5) is 16.2 Å². The van der Waals surface area contributed by atoms with Gasteiger partial charge in [-0.3, -0.25) is 9.59 Å². The number of imide groups is 1. The highest BCUT2D eigenvalue weighted by molar-refractivity contribution is 6.23. The predicted octanol–water partition coefficient (Wildman–Crippen LogP) is 3.07. The molecule has 7 heteroatoms. The van der Waals surface area contributed by atoms with Gasteiger partial charge in [0.2, 0.25) is 5.91 Å². The number of amides is 4.